The molecular formula is C12H20N4O4. The van der Waals surface area contributed by atoms with E-state index >= 15 is 0 Å². The maximum absolute atomic E-state index is 10.6. The molecule has 3 unspecified atom stereocenters. The first-order valence-electron chi connectivity index (χ1n) is 6.68. The number of ether oxygens (including phenoxy) is 1. The van der Waals surface area contributed by atoms with Crippen molar-refractivity contribution >= 4 is 5.69 Å². The van der Waals surface area contributed by atoms with E-state index in [4.69, 9.17) is 4.74 Å². The van der Waals surface area contributed by atoms with Crippen LogP contribution in [0.25, 0.3) is 0 Å². The monoisotopic (exact) mass is 284 g/mol. The standard InChI is InChI=1S/C12H20N4O4/c1-9-10(2)20-4-3-14(9)7-12(17)8-15-6-11(5-13-15)16(18)19/h5-6,9-10,12,17H,3-4,7-8H2,1-2H3. The lowest BCUT2D eigenvalue weighted by molar-refractivity contribution is -0.385. The van der Waals surface area contributed by atoms with Crippen LogP contribution in [0.2, 0.25) is 0 Å². The van der Waals surface area contributed by atoms with Gasteiger partial charge in [-0.15, -0.1) is 0 Å². The van der Waals surface area contributed by atoms with Crippen molar-refractivity contribution in [1.29, 1.82) is 0 Å². The summed E-state index contributed by atoms with van der Waals surface area (Å²) in [6.45, 7) is 6.26. The van der Waals surface area contributed by atoms with Crippen LogP contribution in [-0.4, -0.2) is 62.7 Å². The minimum atomic E-state index is -0.623. The van der Waals surface area contributed by atoms with Gasteiger partial charge in [0.05, 0.1) is 30.3 Å². The molecule has 1 N–H and O–H groups in total. The highest BCUT2D eigenvalue weighted by Crippen LogP contribution is 2.14. The minimum absolute atomic E-state index is 0.0643. The molecule has 0 bridgehead atoms. The van der Waals surface area contributed by atoms with Gasteiger partial charge in [-0.05, 0) is 13.8 Å². The number of aromatic nitrogens is 2. The molecule has 1 aliphatic heterocycles. The summed E-state index contributed by atoms with van der Waals surface area (Å²) in [7, 11) is 0. The summed E-state index contributed by atoms with van der Waals surface area (Å²) in [6, 6.07) is 0.241. The average Bonchev–Trinajstić information content (AvgIpc) is 2.83. The summed E-state index contributed by atoms with van der Waals surface area (Å²) in [4.78, 5) is 12.2. The maximum Gasteiger partial charge on any atom is 0.306 e. The highest BCUT2D eigenvalue weighted by molar-refractivity contribution is 5.20. The molecule has 1 fully saturated rings. The van der Waals surface area contributed by atoms with E-state index in [2.05, 4.69) is 16.9 Å². The number of hydrogen-bond donors (Lipinski definition) is 1. The number of aliphatic hydroxyl groups excluding tert-OH is 1. The van der Waals surface area contributed by atoms with E-state index < -0.39 is 11.0 Å². The Hall–Kier alpha value is -1.51. The molecule has 2 rings (SSSR count). The smallest absolute Gasteiger partial charge is 0.306 e. The average molecular weight is 284 g/mol. The Morgan fingerprint density at radius 3 is 3.00 bits per heavy atom. The Morgan fingerprint density at radius 2 is 2.35 bits per heavy atom. The summed E-state index contributed by atoms with van der Waals surface area (Å²) < 4.78 is 6.93. The molecule has 0 radical (unpaired) electrons. The van der Waals surface area contributed by atoms with Gasteiger partial charge in [-0.25, -0.2) is 0 Å². The highest BCUT2D eigenvalue weighted by Gasteiger charge is 2.27. The number of hydrogen-bond acceptors (Lipinski definition) is 6. The number of morpholine rings is 1. The van der Waals surface area contributed by atoms with Crippen molar-refractivity contribution in [2.24, 2.45) is 0 Å². The van der Waals surface area contributed by atoms with Gasteiger partial charge in [0.15, 0.2) is 0 Å². The van der Waals surface area contributed by atoms with Crippen molar-refractivity contribution in [2.45, 2.75) is 38.6 Å². The van der Waals surface area contributed by atoms with E-state index in [1.807, 2.05) is 6.92 Å². The summed E-state index contributed by atoms with van der Waals surface area (Å²) in [6.07, 6.45) is 2.03. The Labute approximate surface area is 117 Å². The molecule has 1 aromatic heterocycles. The molecule has 0 saturated carbocycles. The van der Waals surface area contributed by atoms with Crippen molar-refractivity contribution in [1.82, 2.24) is 14.7 Å². The molecule has 0 amide bonds. The van der Waals surface area contributed by atoms with Crippen LogP contribution in [0.15, 0.2) is 12.4 Å². The molecule has 2 heterocycles. The van der Waals surface area contributed by atoms with E-state index in [0.717, 1.165) is 6.54 Å². The molecule has 112 valence electrons. The van der Waals surface area contributed by atoms with E-state index in [1.54, 1.807) is 0 Å². The van der Waals surface area contributed by atoms with Crippen LogP contribution in [0.4, 0.5) is 5.69 Å². The third-order valence-corrected chi connectivity index (χ3v) is 3.69. The fourth-order valence-electron chi connectivity index (χ4n) is 2.34. The van der Waals surface area contributed by atoms with Crippen LogP contribution in [0.3, 0.4) is 0 Å². The van der Waals surface area contributed by atoms with E-state index in [1.165, 1.54) is 17.1 Å². The van der Waals surface area contributed by atoms with E-state index in [9.17, 15) is 15.2 Å². The zero-order valence-corrected chi connectivity index (χ0v) is 11.7. The first-order chi connectivity index (χ1) is 9.47. The van der Waals surface area contributed by atoms with Crippen LogP contribution < -0.4 is 0 Å². The molecule has 8 heteroatoms. The van der Waals surface area contributed by atoms with Crippen LogP contribution >= 0.6 is 0 Å². The minimum Gasteiger partial charge on any atom is -0.390 e. The lowest BCUT2D eigenvalue weighted by atomic mass is 10.1. The Balaban J connectivity index is 1.88. The molecule has 3 atom stereocenters. The topological polar surface area (TPSA) is 93.7 Å². The third kappa shape index (κ3) is 3.53. The van der Waals surface area contributed by atoms with Crippen molar-refractivity contribution in [2.75, 3.05) is 19.7 Å². The van der Waals surface area contributed by atoms with Gasteiger partial charge < -0.3 is 9.84 Å². The quantitative estimate of drug-likeness (QED) is 0.616. The van der Waals surface area contributed by atoms with E-state index in [-0.39, 0.29) is 24.4 Å². The summed E-state index contributed by atoms with van der Waals surface area (Å²) >= 11 is 0. The Kier molecular flexibility index (Phi) is 4.69. The van der Waals surface area contributed by atoms with Gasteiger partial charge in [0.1, 0.15) is 12.4 Å². The first-order valence-corrected chi connectivity index (χ1v) is 6.68. The van der Waals surface area contributed by atoms with Crippen molar-refractivity contribution in [3.05, 3.63) is 22.5 Å². The predicted molar refractivity (Wildman–Crippen MR) is 71.3 cm³/mol. The number of nitro groups is 1. The van der Waals surface area contributed by atoms with Gasteiger partial charge in [-0.1, -0.05) is 0 Å². The van der Waals surface area contributed by atoms with Gasteiger partial charge in [-0.3, -0.25) is 19.7 Å². The predicted octanol–water partition coefficient (Wildman–Crippen LogP) is 0.261. The SMILES string of the molecule is CC1OCCN(CC(O)Cn2cc([N+](=O)[O-])cn2)C1C. The summed E-state index contributed by atoms with van der Waals surface area (Å²) in [5, 5.41) is 24.5. The second kappa shape index (κ2) is 6.29. The second-order valence-electron chi connectivity index (χ2n) is 5.14. The fraction of sp³-hybridized carbons (Fsp3) is 0.750. The van der Waals surface area contributed by atoms with Gasteiger partial charge in [0, 0.05) is 19.1 Å². The Bertz CT molecular complexity index is 464. The normalized spacial score (nSPS) is 25.6. The summed E-state index contributed by atoms with van der Waals surface area (Å²) in [5.41, 5.74) is -0.0643. The van der Waals surface area contributed by atoms with E-state index in [0.29, 0.717) is 13.2 Å². The van der Waals surface area contributed by atoms with Crippen LogP contribution in [0, 0.1) is 10.1 Å². The highest BCUT2D eigenvalue weighted by atomic mass is 16.6. The van der Waals surface area contributed by atoms with Gasteiger partial charge >= 0.3 is 5.69 Å². The molecular weight excluding hydrogens is 264 g/mol. The largest absolute Gasteiger partial charge is 0.390 e. The fourth-order valence-corrected chi connectivity index (χ4v) is 2.34. The number of β-amino-alcohol motifs (C(OH)–C–C–N with tert-alkyl or cyclic N) is 1. The van der Waals surface area contributed by atoms with Crippen molar-refractivity contribution in [3.8, 4) is 0 Å². The molecule has 20 heavy (non-hydrogen) atoms. The molecule has 1 aliphatic rings. The van der Waals surface area contributed by atoms with Crippen LogP contribution in [-0.2, 0) is 11.3 Å². The maximum atomic E-state index is 10.6. The lowest BCUT2D eigenvalue weighted by Gasteiger charge is -2.38. The van der Waals surface area contributed by atoms with Gasteiger partial charge in [0.25, 0.3) is 0 Å². The molecule has 0 spiro atoms. The second-order valence-corrected chi connectivity index (χ2v) is 5.14. The van der Waals surface area contributed by atoms with Crippen LogP contribution in [0.5, 0.6) is 0 Å². The van der Waals surface area contributed by atoms with Crippen LogP contribution in [0.1, 0.15) is 13.8 Å². The molecule has 0 aromatic carbocycles. The zero-order valence-electron chi connectivity index (χ0n) is 11.7. The first kappa shape index (κ1) is 14.9. The zero-order chi connectivity index (χ0) is 14.7. The molecule has 1 aromatic rings. The van der Waals surface area contributed by atoms with Gasteiger partial charge in [-0.2, -0.15) is 5.10 Å². The number of rotatable bonds is 5. The lowest BCUT2D eigenvalue weighted by Crippen LogP contribution is -2.51. The molecule has 8 nitrogen and oxygen atoms in total. The third-order valence-electron chi connectivity index (χ3n) is 3.69. The molecule has 1 saturated heterocycles. The number of aliphatic hydroxyl groups is 1. The Morgan fingerprint density at radius 1 is 1.60 bits per heavy atom. The van der Waals surface area contributed by atoms with Gasteiger partial charge in [0.2, 0.25) is 0 Å². The molecule has 0 aliphatic carbocycles. The summed E-state index contributed by atoms with van der Waals surface area (Å²) in [5.74, 6) is 0. The van der Waals surface area contributed by atoms with Crippen molar-refractivity contribution < 1.29 is 14.8 Å². The number of nitrogens with zero attached hydrogens (tertiary/aromatic N) is 4. The van der Waals surface area contributed by atoms with Crippen molar-refractivity contribution in [3.63, 3.8) is 0 Å².